The van der Waals surface area contributed by atoms with E-state index in [0.717, 1.165) is 18.7 Å². The summed E-state index contributed by atoms with van der Waals surface area (Å²) < 4.78 is 5.21. The zero-order valence-corrected chi connectivity index (χ0v) is 12.1. The molecule has 21 heavy (non-hydrogen) atoms. The topological polar surface area (TPSA) is 91.5 Å². The number of amides is 2. The Bertz CT molecular complexity index is 484. The molecule has 1 atom stereocenters. The number of nitrogens with one attached hydrogen (secondary N) is 1. The lowest BCUT2D eigenvalue weighted by Crippen LogP contribution is -2.38. The molecule has 2 fully saturated rings. The molecule has 1 saturated carbocycles. The normalized spacial score (nSPS) is 23.5. The number of hydrogen-bond acceptors (Lipinski definition) is 5. The van der Waals surface area contributed by atoms with Gasteiger partial charge < -0.3 is 19.8 Å². The summed E-state index contributed by atoms with van der Waals surface area (Å²) in [6.07, 6.45) is 6.22. The van der Waals surface area contributed by atoms with Gasteiger partial charge in [0.1, 0.15) is 0 Å². The molecule has 7 heteroatoms. The maximum Gasteiger partial charge on any atom is 0.317 e. The summed E-state index contributed by atoms with van der Waals surface area (Å²) in [5, 5.41) is 16.2. The van der Waals surface area contributed by atoms with Crippen LogP contribution in [0.1, 0.15) is 56.2 Å². The van der Waals surface area contributed by atoms with Crippen LogP contribution in [0.15, 0.2) is 4.52 Å². The zero-order chi connectivity index (χ0) is 14.7. The van der Waals surface area contributed by atoms with Crippen molar-refractivity contribution >= 4 is 6.03 Å². The fourth-order valence-electron chi connectivity index (χ4n) is 3.06. The maximum atomic E-state index is 11.9. The second kappa shape index (κ2) is 6.43. The second-order valence-corrected chi connectivity index (χ2v) is 5.93. The fraction of sp³-hybridized carbons (Fsp3) is 0.786. The number of β-amino-alcohol motifs (C(OH)–C–C–N with tert-alkyl or cyclic N) is 1. The number of likely N-dealkylation sites (tertiary alicyclic amines) is 1. The van der Waals surface area contributed by atoms with Crippen molar-refractivity contribution in [1.82, 2.24) is 20.4 Å². The molecule has 1 aliphatic heterocycles. The van der Waals surface area contributed by atoms with Crippen molar-refractivity contribution in [3.63, 3.8) is 0 Å². The first kappa shape index (κ1) is 14.3. The third-order valence-electron chi connectivity index (χ3n) is 4.30. The van der Waals surface area contributed by atoms with Gasteiger partial charge in [-0.1, -0.05) is 24.4 Å². The van der Waals surface area contributed by atoms with Crippen LogP contribution >= 0.6 is 0 Å². The quantitative estimate of drug-likeness (QED) is 0.879. The molecule has 116 valence electrons. The van der Waals surface area contributed by atoms with Crippen LogP contribution in [0.2, 0.25) is 0 Å². The highest BCUT2D eigenvalue weighted by atomic mass is 16.5. The molecule has 0 spiro atoms. The minimum Gasteiger partial charge on any atom is -0.391 e. The number of aromatic nitrogens is 2. The Balaban J connectivity index is 1.49. The molecule has 0 bridgehead atoms. The van der Waals surface area contributed by atoms with Crippen molar-refractivity contribution in [3.05, 3.63) is 11.7 Å². The van der Waals surface area contributed by atoms with E-state index in [4.69, 9.17) is 4.52 Å². The summed E-state index contributed by atoms with van der Waals surface area (Å²) in [5.41, 5.74) is 0. The van der Waals surface area contributed by atoms with Gasteiger partial charge in [0.25, 0.3) is 0 Å². The molecule has 3 rings (SSSR count). The van der Waals surface area contributed by atoms with Crippen LogP contribution in [0, 0.1) is 0 Å². The highest BCUT2D eigenvalue weighted by Gasteiger charge is 2.25. The third-order valence-corrected chi connectivity index (χ3v) is 4.30. The Morgan fingerprint density at radius 2 is 2.14 bits per heavy atom. The van der Waals surface area contributed by atoms with Crippen molar-refractivity contribution in [2.75, 3.05) is 13.1 Å². The number of aliphatic hydroxyl groups excluding tert-OH is 1. The van der Waals surface area contributed by atoms with Crippen molar-refractivity contribution in [1.29, 1.82) is 0 Å². The van der Waals surface area contributed by atoms with Gasteiger partial charge in [-0.2, -0.15) is 4.98 Å². The summed E-state index contributed by atoms with van der Waals surface area (Å²) in [6.45, 7) is 1.22. The van der Waals surface area contributed by atoms with Crippen LogP contribution < -0.4 is 5.32 Å². The molecular formula is C14H22N4O3. The van der Waals surface area contributed by atoms with E-state index in [1.54, 1.807) is 4.90 Å². The Morgan fingerprint density at radius 1 is 1.33 bits per heavy atom. The standard InChI is InChI=1S/C14H22N4O3/c19-11-6-7-18(9-11)14(20)15-8-12-16-13(17-21-12)10-4-2-1-3-5-10/h10-11,19H,1-9H2,(H,15,20). The molecule has 1 aliphatic carbocycles. The SMILES string of the molecule is O=C(NCc1nc(C2CCCCC2)no1)N1CCC(O)C1. The fourth-order valence-corrected chi connectivity index (χ4v) is 3.06. The molecule has 1 saturated heterocycles. The first-order valence-electron chi connectivity index (χ1n) is 7.75. The minimum atomic E-state index is -0.406. The minimum absolute atomic E-state index is 0.191. The molecule has 1 unspecified atom stereocenters. The van der Waals surface area contributed by atoms with Crippen LogP contribution in [0.25, 0.3) is 0 Å². The van der Waals surface area contributed by atoms with Crippen LogP contribution in [0.5, 0.6) is 0 Å². The number of nitrogens with zero attached hydrogens (tertiary/aromatic N) is 3. The summed E-state index contributed by atoms with van der Waals surface area (Å²) in [7, 11) is 0. The molecule has 2 amide bonds. The van der Waals surface area contributed by atoms with Crippen molar-refractivity contribution in [3.8, 4) is 0 Å². The average Bonchev–Trinajstić information content (AvgIpc) is 3.15. The van der Waals surface area contributed by atoms with Gasteiger partial charge in [-0.05, 0) is 19.3 Å². The summed E-state index contributed by atoms with van der Waals surface area (Å²) in [4.78, 5) is 17.9. The number of hydrogen-bond donors (Lipinski definition) is 2. The predicted octanol–water partition coefficient (Wildman–Crippen LogP) is 1.39. The summed E-state index contributed by atoms with van der Waals surface area (Å²) in [5.74, 6) is 1.62. The monoisotopic (exact) mass is 294 g/mol. The molecular weight excluding hydrogens is 272 g/mol. The van der Waals surface area contributed by atoms with E-state index in [1.807, 2.05) is 0 Å². The molecule has 1 aromatic heterocycles. The zero-order valence-electron chi connectivity index (χ0n) is 12.1. The van der Waals surface area contributed by atoms with Crippen molar-refractivity contribution in [2.45, 2.75) is 57.1 Å². The number of carbonyl (C=O) groups excluding carboxylic acids is 1. The predicted molar refractivity (Wildman–Crippen MR) is 74.6 cm³/mol. The third kappa shape index (κ3) is 3.53. The largest absolute Gasteiger partial charge is 0.391 e. The molecule has 7 nitrogen and oxygen atoms in total. The summed E-state index contributed by atoms with van der Waals surface area (Å²) in [6, 6.07) is -0.191. The molecule has 0 aromatic carbocycles. The van der Waals surface area contributed by atoms with E-state index >= 15 is 0 Å². The highest BCUT2D eigenvalue weighted by molar-refractivity contribution is 5.74. The van der Waals surface area contributed by atoms with E-state index in [2.05, 4.69) is 15.5 Å². The first-order chi connectivity index (χ1) is 10.2. The lowest BCUT2D eigenvalue weighted by Gasteiger charge is -2.17. The van der Waals surface area contributed by atoms with E-state index in [-0.39, 0.29) is 12.6 Å². The first-order valence-corrected chi connectivity index (χ1v) is 7.75. The number of aliphatic hydroxyl groups is 1. The Hall–Kier alpha value is -1.63. The molecule has 2 aliphatic rings. The average molecular weight is 294 g/mol. The van der Waals surface area contributed by atoms with E-state index in [9.17, 15) is 9.90 Å². The molecule has 2 heterocycles. The van der Waals surface area contributed by atoms with Gasteiger partial charge in [-0.25, -0.2) is 4.79 Å². The Morgan fingerprint density at radius 3 is 2.86 bits per heavy atom. The van der Waals surface area contributed by atoms with Crippen LogP contribution in [-0.4, -0.2) is 45.4 Å². The van der Waals surface area contributed by atoms with Gasteiger partial charge in [0.15, 0.2) is 5.82 Å². The van der Waals surface area contributed by atoms with Gasteiger partial charge in [-0.3, -0.25) is 0 Å². The smallest absolute Gasteiger partial charge is 0.317 e. The molecule has 0 radical (unpaired) electrons. The van der Waals surface area contributed by atoms with E-state index in [1.165, 1.54) is 19.3 Å². The molecule has 1 aromatic rings. The van der Waals surface area contributed by atoms with Gasteiger partial charge in [0.2, 0.25) is 5.89 Å². The van der Waals surface area contributed by atoms with Gasteiger partial charge in [-0.15, -0.1) is 0 Å². The highest BCUT2D eigenvalue weighted by Crippen LogP contribution is 2.30. The lowest BCUT2D eigenvalue weighted by atomic mass is 9.89. The second-order valence-electron chi connectivity index (χ2n) is 5.93. The van der Waals surface area contributed by atoms with E-state index in [0.29, 0.717) is 31.3 Å². The number of carbonyl (C=O) groups is 1. The van der Waals surface area contributed by atoms with Crippen LogP contribution in [0.3, 0.4) is 0 Å². The van der Waals surface area contributed by atoms with Crippen molar-refractivity contribution in [2.24, 2.45) is 0 Å². The van der Waals surface area contributed by atoms with Crippen LogP contribution in [-0.2, 0) is 6.54 Å². The Kier molecular flexibility index (Phi) is 4.38. The van der Waals surface area contributed by atoms with Gasteiger partial charge in [0.05, 0.1) is 12.6 Å². The summed E-state index contributed by atoms with van der Waals surface area (Å²) >= 11 is 0. The van der Waals surface area contributed by atoms with Crippen LogP contribution in [0.4, 0.5) is 4.79 Å². The number of rotatable bonds is 3. The Labute approximate surface area is 123 Å². The molecule has 2 N–H and O–H groups in total. The van der Waals surface area contributed by atoms with Gasteiger partial charge >= 0.3 is 6.03 Å². The van der Waals surface area contributed by atoms with Crippen molar-refractivity contribution < 1.29 is 14.4 Å². The van der Waals surface area contributed by atoms with E-state index < -0.39 is 6.10 Å². The lowest BCUT2D eigenvalue weighted by molar-refractivity contribution is 0.171. The van der Waals surface area contributed by atoms with Gasteiger partial charge in [0, 0.05) is 19.0 Å². The number of urea groups is 1. The maximum absolute atomic E-state index is 11.9.